The number of nitrogens with one attached hydrogen (secondary N) is 1. The number of benzene rings is 2. The van der Waals surface area contributed by atoms with Gasteiger partial charge in [-0.05, 0) is 43.3 Å². The van der Waals surface area contributed by atoms with Gasteiger partial charge in [0.2, 0.25) is 6.10 Å². The third-order valence-electron chi connectivity index (χ3n) is 3.46. The smallest absolute Gasteiger partial charge is 0.482 e. The molecule has 0 bridgehead atoms. The zero-order chi connectivity index (χ0) is 18.0. The number of alkyl halides is 3. The first kappa shape index (κ1) is 16.9. The predicted octanol–water partition coefficient (Wildman–Crippen LogP) is 3.75. The molecule has 1 N–H and O–H groups in total. The number of ether oxygens (including phenoxy) is 3. The van der Waals surface area contributed by atoms with Crippen molar-refractivity contribution >= 4 is 11.6 Å². The molecule has 2 aromatic rings. The van der Waals surface area contributed by atoms with Gasteiger partial charge in [0, 0.05) is 5.69 Å². The standard InChI is InChI=1S/C17H14F3NO4/c1-10-15(24-14-5-3-2-4-13(14)23-10)16(22)21-11-6-8-12(9-7-11)25-17(18,19)20/h2-10,15H,1H3,(H,21,22). The molecule has 8 heteroatoms. The van der Waals surface area contributed by atoms with Crippen LogP contribution >= 0.6 is 0 Å². The van der Waals surface area contributed by atoms with Gasteiger partial charge >= 0.3 is 6.36 Å². The van der Waals surface area contributed by atoms with E-state index in [1.54, 1.807) is 31.2 Å². The Kier molecular flexibility index (Phi) is 4.43. The Morgan fingerprint density at radius 3 is 2.24 bits per heavy atom. The number of carbonyl (C=O) groups is 1. The van der Waals surface area contributed by atoms with Gasteiger partial charge in [-0.15, -0.1) is 13.2 Å². The van der Waals surface area contributed by atoms with Crippen molar-refractivity contribution in [2.45, 2.75) is 25.5 Å². The van der Waals surface area contributed by atoms with E-state index in [-0.39, 0.29) is 5.75 Å². The minimum Gasteiger partial charge on any atom is -0.482 e. The van der Waals surface area contributed by atoms with Crippen LogP contribution in [0.1, 0.15) is 6.92 Å². The third-order valence-corrected chi connectivity index (χ3v) is 3.46. The van der Waals surface area contributed by atoms with Gasteiger partial charge in [-0.1, -0.05) is 12.1 Å². The topological polar surface area (TPSA) is 56.8 Å². The Balaban J connectivity index is 1.66. The highest BCUT2D eigenvalue weighted by molar-refractivity contribution is 5.95. The van der Waals surface area contributed by atoms with E-state index in [1.807, 2.05) is 0 Å². The molecule has 25 heavy (non-hydrogen) atoms. The highest BCUT2D eigenvalue weighted by atomic mass is 19.4. The number of para-hydroxylation sites is 2. The first-order valence-electron chi connectivity index (χ1n) is 7.41. The number of hydrogen-bond acceptors (Lipinski definition) is 4. The predicted molar refractivity (Wildman–Crippen MR) is 82.7 cm³/mol. The molecule has 5 nitrogen and oxygen atoms in total. The zero-order valence-electron chi connectivity index (χ0n) is 13.0. The first-order chi connectivity index (χ1) is 11.8. The van der Waals surface area contributed by atoms with E-state index < -0.39 is 24.5 Å². The molecule has 0 aliphatic carbocycles. The number of carbonyl (C=O) groups excluding carboxylic acids is 1. The zero-order valence-corrected chi connectivity index (χ0v) is 13.0. The van der Waals surface area contributed by atoms with E-state index in [1.165, 1.54) is 12.1 Å². The van der Waals surface area contributed by atoms with Crippen LogP contribution in [0.4, 0.5) is 18.9 Å². The van der Waals surface area contributed by atoms with Crippen LogP contribution in [0, 0.1) is 0 Å². The number of halogens is 3. The fourth-order valence-electron chi connectivity index (χ4n) is 2.36. The van der Waals surface area contributed by atoms with E-state index in [0.29, 0.717) is 17.2 Å². The molecule has 1 amide bonds. The van der Waals surface area contributed by atoms with Crippen LogP contribution in [-0.4, -0.2) is 24.5 Å². The first-order valence-corrected chi connectivity index (χ1v) is 7.41. The fraction of sp³-hybridized carbons (Fsp3) is 0.235. The maximum absolute atomic E-state index is 12.4. The minimum atomic E-state index is -4.76. The van der Waals surface area contributed by atoms with Crippen LogP contribution in [0.25, 0.3) is 0 Å². The van der Waals surface area contributed by atoms with Crippen molar-refractivity contribution in [3.05, 3.63) is 48.5 Å². The monoisotopic (exact) mass is 353 g/mol. The number of fused-ring (bicyclic) bond motifs is 1. The minimum absolute atomic E-state index is 0.314. The quantitative estimate of drug-likeness (QED) is 0.913. The summed E-state index contributed by atoms with van der Waals surface area (Å²) in [6, 6.07) is 11.8. The van der Waals surface area contributed by atoms with E-state index >= 15 is 0 Å². The summed E-state index contributed by atoms with van der Waals surface area (Å²) < 4.78 is 51.5. The molecule has 0 fully saturated rings. The Morgan fingerprint density at radius 2 is 1.64 bits per heavy atom. The van der Waals surface area contributed by atoms with Crippen molar-refractivity contribution in [3.8, 4) is 17.2 Å². The molecule has 0 saturated carbocycles. The molecule has 0 spiro atoms. The van der Waals surface area contributed by atoms with Gasteiger partial charge in [0.05, 0.1) is 0 Å². The summed E-state index contributed by atoms with van der Waals surface area (Å²) in [5, 5.41) is 2.58. The lowest BCUT2D eigenvalue weighted by atomic mass is 10.1. The summed E-state index contributed by atoms with van der Waals surface area (Å²) in [5.74, 6) is 0.166. The second kappa shape index (κ2) is 6.54. The molecule has 1 aliphatic heterocycles. The van der Waals surface area contributed by atoms with Gasteiger partial charge in [0.1, 0.15) is 11.9 Å². The molecule has 2 aromatic carbocycles. The third kappa shape index (κ3) is 4.14. The fourth-order valence-corrected chi connectivity index (χ4v) is 2.36. The molecule has 1 aliphatic rings. The summed E-state index contributed by atoms with van der Waals surface area (Å²) >= 11 is 0. The molecule has 2 atom stereocenters. The lowest BCUT2D eigenvalue weighted by Crippen LogP contribution is -2.46. The summed E-state index contributed by atoms with van der Waals surface area (Å²) in [5.41, 5.74) is 0.314. The molecular formula is C17H14F3NO4. The number of amides is 1. The van der Waals surface area contributed by atoms with Gasteiger partial charge in [-0.3, -0.25) is 4.79 Å². The summed E-state index contributed by atoms with van der Waals surface area (Å²) in [6.07, 6.45) is -6.18. The highest BCUT2D eigenvalue weighted by Gasteiger charge is 2.34. The van der Waals surface area contributed by atoms with Gasteiger partial charge in [-0.25, -0.2) is 0 Å². The maximum atomic E-state index is 12.4. The molecule has 132 valence electrons. The number of hydrogen-bond donors (Lipinski definition) is 1. The second-order valence-electron chi connectivity index (χ2n) is 5.37. The van der Waals surface area contributed by atoms with Crippen LogP contribution < -0.4 is 19.5 Å². The van der Waals surface area contributed by atoms with Crippen molar-refractivity contribution in [1.29, 1.82) is 0 Å². The molecule has 2 unspecified atom stereocenters. The average Bonchev–Trinajstić information content (AvgIpc) is 2.54. The van der Waals surface area contributed by atoms with E-state index in [9.17, 15) is 18.0 Å². The summed E-state index contributed by atoms with van der Waals surface area (Å²) in [4.78, 5) is 12.4. The van der Waals surface area contributed by atoms with Gasteiger partial charge in [0.15, 0.2) is 11.5 Å². The Bertz CT molecular complexity index is 761. The largest absolute Gasteiger partial charge is 0.573 e. The molecule has 0 saturated heterocycles. The molecule has 1 heterocycles. The van der Waals surface area contributed by atoms with Crippen LogP contribution in [0.2, 0.25) is 0 Å². The Hall–Kier alpha value is -2.90. The van der Waals surface area contributed by atoms with Gasteiger partial charge in [-0.2, -0.15) is 0 Å². The van der Waals surface area contributed by atoms with E-state index in [0.717, 1.165) is 12.1 Å². The highest BCUT2D eigenvalue weighted by Crippen LogP contribution is 2.33. The maximum Gasteiger partial charge on any atom is 0.573 e. The SMILES string of the molecule is CC1Oc2ccccc2OC1C(=O)Nc1ccc(OC(F)(F)F)cc1. The van der Waals surface area contributed by atoms with Crippen LogP contribution in [0.5, 0.6) is 17.2 Å². The van der Waals surface area contributed by atoms with Gasteiger partial charge in [0.25, 0.3) is 5.91 Å². The second-order valence-corrected chi connectivity index (χ2v) is 5.37. The van der Waals surface area contributed by atoms with Gasteiger partial charge < -0.3 is 19.5 Å². The number of anilines is 1. The normalized spacial score (nSPS) is 19.2. The van der Waals surface area contributed by atoms with Crippen molar-refractivity contribution in [1.82, 2.24) is 0 Å². The molecule has 0 radical (unpaired) electrons. The summed E-state index contributed by atoms with van der Waals surface area (Å²) in [6.45, 7) is 1.69. The Labute approximate surface area is 141 Å². The van der Waals surface area contributed by atoms with Crippen LogP contribution in [-0.2, 0) is 4.79 Å². The van der Waals surface area contributed by atoms with Crippen molar-refractivity contribution < 1.29 is 32.2 Å². The lowest BCUT2D eigenvalue weighted by molar-refractivity contribution is -0.274. The Morgan fingerprint density at radius 1 is 1.04 bits per heavy atom. The number of rotatable bonds is 3. The van der Waals surface area contributed by atoms with Crippen LogP contribution in [0.15, 0.2) is 48.5 Å². The molecule has 0 aromatic heterocycles. The van der Waals surface area contributed by atoms with E-state index in [4.69, 9.17) is 9.47 Å². The molecular weight excluding hydrogens is 339 g/mol. The van der Waals surface area contributed by atoms with Crippen LogP contribution in [0.3, 0.4) is 0 Å². The van der Waals surface area contributed by atoms with Crippen molar-refractivity contribution in [2.75, 3.05) is 5.32 Å². The van der Waals surface area contributed by atoms with Crippen molar-refractivity contribution in [3.63, 3.8) is 0 Å². The lowest BCUT2D eigenvalue weighted by Gasteiger charge is -2.31. The summed E-state index contributed by atoms with van der Waals surface area (Å²) in [7, 11) is 0. The average molecular weight is 353 g/mol. The van der Waals surface area contributed by atoms with E-state index in [2.05, 4.69) is 10.1 Å². The van der Waals surface area contributed by atoms with Crippen molar-refractivity contribution in [2.24, 2.45) is 0 Å². The molecule has 3 rings (SSSR count).